The molecule has 5 rings (SSSR count). The summed E-state index contributed by atoms with van der Waals surface area (Å²) in [4.78, 5) is 30.3. The van der Waals surface area contributed by atoms with Crippen LogP contribution in [-0.2, 0) is 45.1 Å². The maximum Gasteiger partial charge on any atom is 0.423 e. The molecule has 0 aliphatic carbocycles. The number of benzene rings is 2. The van der Waals surface area contributed by atoms with Crippen LogP contribution in [0.4, 0.5) is 33.9 Å². The first-order chi connectivity index (χ1) is 28.2. The van der Waals surface area contributed by atoms with Gasteiger partial charge in [-0.3, -0.25) is 9.10 Å². The van der Waals surface area contributed by atoms with Crippen LogP contribution < -0.4 is 19.7 Å². The number of rotatable bonds is 20. The van der Waals surface area contributed by atoms with Crippen LogP contribution in [0, 0.1) is 5.82 Å². The zero-order chi connectivity index (χ0) is 44.0. The molecule has 3 heterocycles. The van der Waals surface area contributed by atoms with Gasteiger partial charge >= 0.3 is 12.3 Å². The van der Waals surface area contributed by atoms with Crippen molar-refractivity contribution in [1.82, 2.24) is 24.4 Å². The topological polar surface area (TPSA) is 149 Å². The van der Waals surface area contributed by atoms with E-state index in [1.54, 1.807) is 31.3 Å². The zero-order valence-electron chi connectivity index (χ0n) is 35.1. The van der Waals surface area contributed by atoms with Gasteiger partial charge in [-0.05, 0) is 47.5 Å². The number of nitrogens with one attached hydrogen (secondary N) is 2. The molecule has 1 saturated heterocycles. The Morgan fingerprint density at radius 1 is 1.02 bits per heavy atom. The van der Waals surface area contributed by atoms with Crippen molar-refractivity contribution in [2.24, 2.45) is 0 Å². The maximum absolute atomic E-state index is 15.8. The van der Waals surface area contributed by atoms with Crippen LogP contribution in [0.5, 0.6) is 5.75 Å². The molecule has 1 aliphatic heterocycles. The number of fused-ring (bicyclic) bond motifs is 1. The first-order valence-corrected chi connectivity index (χ1v) is 27.9. The average Bonchev–Trinajstić information content (AvgIpc) is 3.77. The number of carbonyl (C=O) groups excluding carboxylic acids is 2. The third-order valence-corrected chi connectivity index (χ3v) is 14.2. The average molecular weight is 896 g/mol. The minimum Gasteiger partial charge on any atom is -0.464 e. The van der Waals surface area contributed by atoms with Crippen LogP contribution in [0.15, 0.2) is 42.5 Å². The standard InChI is InChI=1S/C39H53F4N7O7SSi2/c1-44-37(51)35-34-32(49(47-35)24-54-15-17-59(3,4)5)21-30(28-20-29(40)33(19-27(28)22-39(41,42)43)57-25-55-16-18-60(6,7)8)46-36(34)45-23-26-11-9-10-12-31(26)48(2)58(53)50-13-14-56-38(50)52/h9-12,19-21H,13-18,22-25H2,1-8H3,(H,44,51)(H,45,46). The third kappa shape index (κ3) is 12.3. The SMILES string of the molecule is CNC(=O)c1nn(COCC[Si](C)(C)C)c2cc(-c3cc(F)c(OCOCC[Si](C)(C)C)cc3CC(F)(F)F)nc(NCc3ccccc3N(C)S(=O)N3CCOC3=O)c12. The van der Waals surface area contributed by atoms with E-state index in [1.165, 1.54) is 22.1 Å². The van der Waals surface area contributed by atoms with Crippen LogP contribution in [0.2, 0.25) is 51.4 Å². The second-order valence-corrected chi connectivity index (χ2v) is 29.4. The van der Waals surface area contributed by atoms with Crippen molar-refractivity contribution in [3.8, 4) is 17.0 Å². The van der Waals surface area contributed by atoms with Crippen molar-refractivity contribution in [2.45, 2.75) is 77.2 Å². The summed E-state index contributed by atoms with van der Waals surface area (Å²) in [5, 5.41) is 10.6. The van der Waals surface area contributed by atoms with Gasteiger partial charge in [0.25, 0.3) is 5.91 Å². The molecule has 14 nitrogen and oxygen atoms in total. The number of carbonyl (C=O) groups is 2. The fraction of sp³-hybridized carbons (Fsp3) is 0.487. The Balaban J connectivity index is 1.61. The van der Waals surface area contributed by atoms with Crippen LogP contribution in [0.25, 0.3) is 22.2 Å². The number of alkyl halides is 3. The fourth-order valence-corrected chi connectivity index (χ4v) is 8.68. The van der Waals surface area contributed by atoms with Gasteiger partial charge in [-0.15, -0.1) is 0 Å². The predicted octanol–water partition coefficient (Wildman–Crippen LogP) is 7.78. The minimum atomic E-state index is -4.69. The normalized spacial score (nSPS) is 14.1. The predicted molar refractivity (Wildman–Crippen MR) is 228 cm³/mol. The van der Waals surface area contributed by atoms with Gasteiger partial charge in [0.2, 0.25) is 11.2 Å². The van der Waals surface area contributed by atoms with Gasteiger partial charge in [-0.25, -0.2) is 27.4 Å². The second-order valence-electron chi connectivity index (χ2n) is 16.7. The first kappa shape index (κ1) is 46.5. The molecule has 1 unspecified atom stereocenters. The van der Waals surface area contributed by atoms with E-state index < -0.39 is 63.5 Å². The van der Waals surface area contributed by atoms with Crippen molar-refractivity contribution in [3.05, 3.63) is 65.1 Å². The molecule has 0 spiro atoms. The Bertz CT molecular complexity index is 2200. The molecule has 2 aromatic carbocycles. The molecule has 2 aromatic heterocycles. The summed E-state index contributed by atoms with van der Waals surface area (Å²) in [6.07, 6.45) is -6.83. The van der Waals surface area contributed by atoms with Crippen molar-refractivity contribution < 1.29 is 50.3 Å². The molecule has 2 amide bonds. The van der Waals surface area contributed by atoms with Crippen molar-refractivity contribution >= 4 is 61.7 Å². The number of pyridine rings is 1. The molecule has 2 N–H and O–H groups in total. The van der Waals surface area contributed by atoms with Gasteiger partial charge in [0, 0.05) is 55.6 Å². The van der Waals surface area contributed by atoms with E-state index in [1.807, 2.05) is 0 Å². The molecule has 60 heavy (non-hydrogen) atoms. The summed E-state index contributed by atoms with van der Waals surface area (Å²) in [7, 11) is 0.0594. The molecular weight excluding hydrogens is 843 g/mol. The number of ether oxygens (including phenoxy) is 4. The molecule has 1 atom stereocenters. The Hall–Kier alpha value is -4.58. The number of amides is 2. The number of nitrogens with zero attached hydrogens (tertiary/aromatic N) is 5. The lowest BCUT2D eigenvalue weighted by Gasteiger charge is -2.24. The summed E-state index contributed by atoms with van der Waals surface area (Å²) in [6, 6.07) is 12.0. The fourth-order valence-electron chi connectivity index (χ4n) is 6.11. The maximum atomic E-state index is 15.8. The smallest absolute Gasteiger partial charge is 0.423 e. The summed E-state index contributed by atoms with van der Waals surface area (Å²) >= 11 is -1.94. The summed E-state index contributed by atoms with van der Waals surface area (Å²) in [6.45, 7) is 13.6. The van der Waals surface area contributed by atoms with E-state index in [0.29, 0.717) is 24.5 Å². The Kier molecular flexibility index (Phi) is 15.1. The Labute approximate surface area is 351 Å². The van der Waals surface area contributed by atoms with Crippen molar-refractivity contribution in [2.75, 3.05) is 56.9 Å². The third-order valence-electron chi connectivity index (χ3n) is 9.43. The van der Waals surface area contributed by atoms with E-state index >= 15 is 4.39 Å². The molecule has 1 aliphatic rings. The monoisotopic (exact) mass is 895 g/mol. The molecule has 4 aromatic rings. The lowest BCUT2D eigenvalue weighted by Crippen LogP contribution is -2.37. The number of hydrogen-bond acceptors (Lipinski definition) is 10. The van der Waals surface area contributed by atoms with Gasteiger partial charge in [0.05, 0.1) is 35.2 Å². The Morgan fingerprint density at radius 3 is 2.33 bits per heavy atom. The van der Waals surface area contributed by atoms with E-state index in [4.69, 9.17) is 23.9 Å². The van der Waals surface area contributed by atoms with Crippen molar-refractivity contribution in [3.63, 3.8) is 0 Å². The molecule has 0 bridgehead atoms. The van der Waals surface area contributed by atoms with E-state index in [-0.39, 0.29) is 72.5 Å². The van der Waals surface area contributed by atoms with E-state index in [9.17, 15) is 27.0 Å². The first-order valence-electron chi connectivity index (χ1n) is 19.4. The van der Waals surface area contributed by atoms with E-state index in [0.717, 1.165) is 28.5 Å². The Morgan fingerprint density at radius 2 is 1.70 bits per heavy atom. The lowest BCUT2D eigenvalue weighted by molar-refractivity contribution is -0.127. The number of anilines is 2. The minimum absolute atomic E-state index is 0.00691. The largest absolute Gasteiger partial charge is 0.464 e. The highest BCUT2D eigenvalue weighted by Gasteiger charge is 2.33. The van der Waals surface area contributed by atoms with Gasteiger partial charge in [-0.2, -0.15) is 18.3 Å². The van der Waals surface area contributed by atoms with Crippen LogP contribution in [-0.4, -0.2) is 105 Å². The number of aromatic nitrogens is 3. The second kappa shape index (κ2) is 19.4. The highest BCUT2D eigenvalue weighted by atomic mass is 32.2. The molecule has 21 heteroatoms. The number of halogens is 4. The molecule has 1 fully saturated rings. The molecule has 0 radical (unpaired) electrons. The summed E-state index contributed by atoms with van der Waals surface area (Å²) in [5.74, 6) is -1.86. The van der Waals surface area contributed by atoms with Gasteiger partial charge in [0.15, 0.2) is 24.1 Å². The number of cyclic esters (lactones) is 1. The van der Waals surface area contributed by atoms with Crippen LogP contribution in [0.1, 0.15) is 21.6 Å². The highest BCUT2D eigenvalue weighted by Crippen LogP contribution is 2.37. The highest BCUT2D eigenvalue weighted by molar-refractivity contribution is 7.84. The number of para-hydroxylation sites is 1. The molecule has 0 saturated carbocycles. The van der Waals surface area contributed by atoms with Crippen molar-refractivity contribution in [1.29, 1.82) is 0 Å². The van der Waals surface area contributed by atoms with Crippen LogP contribution >= 0.6 is 0 Å². The number of hydrogen-bond donors (Lipinski definition) is 2. The van der Waals surface area contributed by atoms with Gasteiger partial charge in [-0.1, -0.05) is 57.5 Å². The van der Waals surface area contributed by atoms with Gasteiger partial charge in [0.1, 0.15) is 19.2 Å². The molecular formula is C39H53F4N7O7SSi2. The zero-order valence-corrected chi connectivity index (χ0v) is 37.9. The van der Waals surface area contributed by atoms with Crippen LogP contribution in [0.3, 0.4) is 0 Å². The summed E-state index contributed by atoms with van der Waals surface area (Å²) < 4.78 is 97.8. The quantitative estimate of drug-likeness (QED) is 0.0390. The van der Waals surface area contributed by atoms with E-state index in [2.05, 4.69) is 55.0 Å². The van der Waals surface area contributed by atoms with Gasteiger partial charge < -0.3 is 29.6 Å². The summed E-state index contributed by atoms with van der Waals surface area (Å²) in [5.41, 5.74) is 0.780. The lowest BCUT2D eigenvalue weighted by atomic mass is 9.99. The molecule has 328 valence electrons.